The number of carbonyl (C=O) groups excluding carboxylic acids is 1. The van der Waals surface area contributed by atoms with Crippen molar-refractivity contribution in [2.45, 2.75) is 97.3 Å². The van der Waals surface area contributed by atoms with Gasteiger partial charge in [0, 0.05) is 0 Å². The molecule has 0 spiro atoms. The second kappa shape index (κ2) is 9.42. The van der Waals surface area contributed by atoms with E-state index < -0.39 is 0 Å². The molecule has 0 N–H and O–H groups in total. The van der Waals surface area contributed by atoms with E-state index in [1.807, 2.05) is 6.92 Å². The third kappa shape index (κ3) is 5.01. The Morgan fingerprint density at radius 3 is 1.48 bits per heavy atom. The second-order valence-electron chi connectivity index (χ2n) is 9.23. The van der Waals surface area contributed by atoms with Gasteiger partial charge in [-0.05, 0) is 101 Å². The first-order chi connectivity index (χ1) is 12.2. The van der Waals surface area contributed by atoms with Crippen molar-refractivity contribution in [2.75, 3.05) is 6.61 Å². The molecule has 0 saturated heterocycles. The summed E-state index contributed by atoms with van der Waals surface area (Å²) in [5, 5.41) is 0. The van der Waals surface area contributed by atoms with E-state index in [0.717, 1.165) is 42.4 Å². The zero-order valence-electron chi connectivity index (χ0n) is 16.7. The summed E-state index contributed by atoms with van der Waals surface area (Å²) in [4.78, 5) is 11.9. The first-order valence-electron chi connectivity index (χ1n) is 11.4. The third-order valence-electron chi connectivity index (χ3n) is 8.01. The monoisotopic (exact) mass is 348 g/mol. The molecule has 3 rings (SSSR count). The highest BCUT2D eigenvalue weighted by Crippen LogP contribution is 2.46. The number of rotatable bonds is 5. The number of hydrogen-bond donors (Lipinski definition) is 0. The molecule has 144 valence electrons. The zero-order valence-corrected chi connectivity index (χ0v) is 16.7. The summed E-state index contributed by atoms with van der Waals surface area (Å²) in [5.41, 5.74) is 0. The van der Waals surface area contributed by atoms with Crippen molar-refractivity contribution < 1.29 is 9.53 Å². The van der Waals surface area contributed by atoms with Crippen LogP contribution in [0.3, 0.4) is 0 Å². The molecule has 3 saturated carbocycles. The van der Waals surface area contributed by atoms with Crippen LogP contribution >= 0.6 is 0 Å². The minimum Gasteiger partial charge on any atom is -0.466 e. The zero-order chi connectivity index (χ0) is 17.6. The third-order valence-corrected chi connectivity index (χ3v) is 8.01. The fourth-order valence-electron chi connectivity index (χ4n) is 6.24. The number of ether oxygens (including phenoxy) is 1. The lowest BCUT2D eigenvalue weighted by molar-refractivity contribution is -0.149. The Bertz CT molecular complexity index is 394. The van der Waals surface area contributed by atoms with Crippen LogP contribution in [0.5, 0.6) is 0 Å². The van der Waals surface area contributed by atoms with Gasteiger partial charge in [0.15, 0.2) is 0 Å². The highest BCUT2D eigenvalue weighted by Gasteiger charge is 2.35. The van der Waals surface area contributed by atoms with E-state index in [9.17, 15) is 4.79 Å². The lowest BCUT2D eigenvalue weighted by Crippen LogP contribution is -2.31. The summed E-state index contributed by atoms with van der Waals surface area (Å²) in [6.07, 6.45) is 18.0. The number of carbonyl (C=O) groups is 1. The van der Waals surface area contributed by atoms with Crippen LogP contribution in [-0.2, 0) is 9.53 Å². The molecule has 0 heterocycles. The van der Waals surface area contributed by atoms with Gasteiger partial charge in [0.25, 0.3) is 0 Å². The molecule has 0 atom stereocenters. The van der Waals surface area contributed by atoms with E-state index in [1.54, 1.807) is 0 Å². The fourth-order valence-corrected chi connectivity index (χ4v) is 6.24. The second-order valence-corrected chi connectivity index (χ2v) is 9.23. The summed E-state index contributed by atoms with van der Waals surface area (Å²) in [5.74, 6) is 5.21. The molecule has 0 aliphatic heterocycles. The molecule has 3 aliphatic carbocycles. The Kier molecular flexibility index (Phi) is 7.25. The molecule has 25 heavy (non-hydrogen) atoms. The first-order valence-corrected chi connectivity index (χ1v) is 11.4. The van der Waals surface area contributed by atoms with Crippen molar-refractivity contribution in [3.8, 4) is 0 Å². The lowest BCUT2D eigenvalue weighted by Gasteiger charge is -2.41. The van der Waals surface area contributed by atoms with E-state index >= 15 is 0 Å². The van der Waals surface area contributed by atoms with Gasteiger partial charge < -0.3 is 4.74 Å². The van der Waals surface area contributed by atoms with Crippen LogP contribution < -0.4 is 0 Å². The van der Waals surface area contributed by atoms with Gasteiger partial charge in [-0.2, -0.15) is 0 Å². The van der Waals surface area contributed by atoms with Crippen molar-refractivity contribution in [2.24, 2.45) is 35.5 Å². The van der Waals surface area contributed by atoms with E-state index in [4.69, 9.17) is 4.74 Å². The highest BCUT2D eigenvalue weighted by molar-refractivity contribution is 5.72. The van der Waals surface area contributed by atoms with Gasteiger partial charge in [-0.1, -0.05) is 26.2 Å². The molecule has 2 nitrogen and oxygen atoms in total. The van der Waals surface area contributed by atoms with E-state index in [-0.39, 0.29) is 11.9 Å². The molecule has 0 aromatic heterocycles. The lowest BCUT2D eigenvalue weighted by atomic mass is 9.65. The van der Waals surface area contributed by atoms with Crippen LogP contribution in [0.1, 0.15) is 97.3 Å². The Morgan fingerprint density at radius 2 is 1.08 bits per heavy atom. The Hall–Kier alpha value is -0.530. The standard InChI is InChI=1S/C23H40O2/c1-3-17-5-7-18(8-6-17)19-9-11-20(12-10-19)21-13-15-22(16-14-21)23(24)25-4-2/h17-22H,3-16H2,1-2H3/t17-,18-,19-,20-,21-,22+. The summed E-state index contributed by atoms with van der Waals surface area (Å²) >= 11 is 0. The van der Waals surface area contributed by atoms with Gasteiger partial charge in [-0.3, -0.25) is 4.79 Å². The van der Waals surface area contributed by atoms with E-state index in [2.05, 4.69) is 6.92 Å². The van der Waals surface area contributed by atoms with Gasteiger partial charge in [-0.15, -0.1) is 0 Å². The smallest absolute Gasteiger partial charge is 0.308 e. The van der Waals surface area contributed by atoms with E-state index in [0.29, 0.717) is 6.61 Å². The largest absolute Gasteiger partial charge is 0.466 e. The SMILES string of the molecule is CCOC(=O)[C@H]1CC[C@@H]([C@H]2CC[C@H]([C@H]3CC[C@H](CC)CC3)CC2)CC1. The van der Waals surface area contributed by atoms with Gasteiger partial charge >= 0.3 is 5.97 Å². The maximum Gasteiger partial charge on any atom is 0.308 e. The molecule has 2 heteroatoms. The van der Waals surface area contributed by atoms with Crippen molar-refractivity contribution in [1.29, 1.82) is 0 Å². The van der Waals surface area contributed by atoms with Crippen LogP contribution in [0.15, 0.2) is 0 Å². The highest BCUT2D eigenvalue weighted by atomic mass is 16.5. The maximum atomic E-state index is 11.9. The number of hydrogen-bond acceptors (Lipinski definition) is 2. The predicted molar refractivity (Wildman–Crippen MR) is 103 cm³/mol. The van der Waals surface area contributed by atoms with Gasteiger partial charge in [0.1, 0.15) is 0 Å². The molecule has 0 aromatic carbocycles. The van der Waals surface area contributed by atoms with Gasteiger partial charge in [-0.25, -0.2) is 0 Å². The molecule has 0 amide bonds. The molecule has 0 bridgehead atoms. The van der Waals surface area contributed by atoms with Crippen LogP contribution in [-0.4, -0.2) is 12.6 Å². The van der Waals surface area contributed by atoms with Crippen molar-refractivity contribution in [3.05, 3.63) is 0 Å². The van der Waals surface area contributed by atoms with Gasteiger partial charge in [0.2, 0.25) is 0 Å². The normalized spacial score (nSPS) is 39.8. The molecule has 0 aromatic rings. The van der Waals surface area contributed by atoms with Crippen LogP contribution in [0.2, 0.25) is 0 Å². The molecular weight excluding hydrogens is 308 g/mol. The van der Waals surface area contributed by atoms with Crippen LogP contribution in [0.4, 0.5) is 0 Å². The Labute approximate surface area is 155 Å². The van der Waals surface area contributed by atoms with Crippen molar-refractivity contribution in [1.82, 2.24) is 0 Å². The maximum absolute atomic E-state index is 11.9. The van der Waals surface area contributed by atoms with E-state index in [1.165, 1.54) is 70.6 Å². The minimum absolute atomic E-state index is 0.0624. The summed E-state index contributed by atoms with van der Waals surface area (Å²) in [6, 6.07) is 0. The molecule has 0 radical (unpaired) electrons. The predicted octanol–water partition coefficient (Wildman–Crippen LogP) is 6.38. The molecular formula is C23H40O2. The average molecular weight is 349 g/mol. The van der Waals surface area contributed by atoms with Crippen molar-refractivity contribution >= 4 is 5.97 Å². The van der Waals surface area contributed by atoms with Crippen molar-refractivity contribution in [3.63, 3.8) is 0 Å². The Balaban J connectivity index is 1.38. The summed E-state index contributed by atoms with van der Waals surface area (Å²) in [6.45, 7) is 4.81. The Morgan fingerprint density at radius 1 is 0.680 bits per heavy atom. The summed E-state index contributed by atoms with van der Waals surface area (Å²) < 4.78 is 5.22. The quantitative estimate of drug-likeness (QED) is 0.539. The fraction of sp³-hybridized carbons (Fsp3) is 0.957. The average Bonchev–Trinajstić information content (AvgIpc) is 2.68. The van der Waals surface area contributed by atoms with Crippen LogP contribution in [0, 0.1) is 35.5 Å². The molecule has 0 unspecified atom stereocenters. The van der Waals surface area contributed by atoms with Gasteiger partial charge in [0.05, 0.1) is 12.5 Å². The number of esters is 1. The first kappa shape index (κ1) is 19.2. The minimum atomic E-state index is 0.0624. The molecule has 3 fully saturated rings. The molecule has 3 aliphatic rings. The van der Waals surface area contributed by atoms with Crippen LogP contribution in [0.25, 0.3) is 0 Å². The topological polar surface area (TPSA) is 26.3 Å². The summed E-state index contributed by atoms with van der Waals surface area (Å²) in [7, 11) is 0.